The molecule has 0 aliphatic carbocycles. The standard InChI is InChI=1S/C9H10F3N5O2S/c1-2-19-8(18)13-4-3-5-16-17-6(9(10,11)12)14-15-7(17)20-5/h2-4H2,1H3,(H,13,18). The Morgan fingerprint density at radius 1 is 1.45 bits per heavy atom. The molecule has 1 N–H and O–H groups in total. The number of carbonyl (C=O) groups is 1. The van der Waals surface area contributed by atoms with Crippen molar-refractivity contribution in [1.82, 2.24) is 25.1 Å². The molecule has 0 aliphatic rings. The maximum Gasteiger partial charge on any atom is 0.453 e. The van der Waals surface area contributed by atoms with E-state index >= 15 is 0 Å². The van der Waals surface area contributed by atoms with Crippen LogP contribution in [0.4, 0.5) is 18.0 Å². The molecule has 2 heterocycles. The van der Waals surface area contributed by atoms with Gasteiger partial charge in [0.15, 0.2) is 0 Å². The van der Waals surface area contributed by atoms with Gasteiger partial charge in [-0.1, -0.05) is 11.3 Å². The monoisotopic (exact) mass is 309 g/mol. The maximum absolute atomic E-state index is 12.6. The summed E-state index contributed by atoms with van der Waals surface area (Å²) < 4.78 is 43.0. The van der Waals surface area contributed by atoms with Crippen molar-refractivity contribution < 1.29 is 22.7 Å². The van der Waals surface area contributed by atoms with E-state index in [4.69, 9.17) is 0 Å². The van der Waals surface area contributed by atoms with E-state index in [0.717, 1.165) is 11.3 Å². The summed E-state index contributed by atoms with van der Waals surface area (Å²) in [5.74, 6) is -1.16. The first-order valence-corrected chi connectivity index (χ1v) is 6.42. The topological polar surface area (TPSA) is 81.4 Å². The first-order chi connectivity index (χ1) is 9.41. The number of nitrogens with zero attached hydrogens (tertiary/aromatic N) is 4. The SMILES string of the molecule is CCOC(=O)NCCc1nn2c(C(F)(F)F)nnc2s1. The highest BCUT2D eigenvalue weighted by Gasteiger charge is 2.38. The number of fused-ring (bicyclic) bond motifs is 1. The second-order valence-corrected chi connectivity index (χ2v) is 4.65. The molecular weight excluding hydrogens is 299 g/mol. The molecule has 1 amide bonds. The summed E-state index contributed by atoms with van der Waals surface area (Å²) in [6.07, 6.45) is -4.90. The van der Waals surface area contributed by atoms with E-state index in [2.05, 4.69) is 25.3 Å². The van der Waals surface area contributed by atoms with Crippen molar-refractivity contribution in [2.24, 2.45) is 0 Å². The first-order valence-electron chi connectivity index (χ1n) is 5.60. The van der Waals surface area contributed by atoms with Crippen LogP contribution in [-0.2, 0) is 17.3 Å². The van der Waals surface area contributed by atoms with Gasteiger partial charge in [-0.25, -0.2) is 4.79 Å². The predicted octanol–water partition coefficient (Wildman–Crippen LogP) is 1.49. The van der Waals surface area contributed by atoms with Gasteiger partial charge in [-0.2, -0.15) is 22.8 Å². The maximum atomic E-state index is 12.6. The highest BCUT2D eigenvalue weighted by molar-refractivity contribution is 7.16. The van der Waals surface area contributed by atoms with Crippen molar-refractivity contribution in [1.29, 1.82) is 0 Å². The minimum absolute atomic E-state index is 0.0588. The number of carbonyl (C=O) groups excluding carboxylic acids is 1. The molecule has 7 nitrogen and oxygen atoms in total. The van der Waals surface area contributed by atoms with Crippen molar-refractivity contribution in [3.63, 3.8) is 0 Å². The Labute approximate surface area is 114 Å². The number of amides is 1. The number of alkyl halides is 3. The molecule has 20 heavy (non-hydrogen) atoms. The molecule has 0 atom stereocenters. The van der Waals surface area contributed by atoms with Gasteiger partial charge in [-0.15, -0.1) is 10.2 Å². The number of hydrogen-bond acceptors (Lipinski definition) is 6. The number of ether oxygens (including phenoxy) is 1. The molecular formula is C9H10F3N5O2S. The minimum atomic E-state index is -4.60. The first kappa shape index (κ1) is 14.5. The van der Waals surface area contributed by atoms with E-state index < -0.39 is 18.1 Å². The average molecular weight is 309 g/mol. The number of rotatable bonds is 4. The third-order valence-electron chi connectivity index (χ3n) is 2.17. The number of hydrogen-bond donors (Lipinski definition) is 1. The van der Waals surface area contributed by atoms with Crippen LogP contribution in [0.3, 0.4) is 0 Å². The third-order valence-corrected chi connectivity index (χ3v) is 3.13. The van der Waals surface area contributed by atoms with Gasteiger partial charge >= 0.3 is 12.3 Å². The molecule has 0 aromatic carbocycles. The molecule has 0 saturated heterocycles. The Morgan fingerprint density at radius 2 is 2.20 bits per heavy atom. The molecule has 0 bridgehead atoms. The second-order valence-electron chi connectivity index (χ2n) is 3.61. The number of nitrogens with one attached hydrogen (secondary N) is 1. The van der Waals surface area contributed by atoms with Crippen LogP contribution in [0.25, 0.3) is 4.96 Å². The van der Waals surface area contributed by atoms with Crippen LogP contribution in [0.5, 0.6) is 0 Å². The molecule has 2 aromatic heterocycles. The molecule has 2 aromatic rings. The van der Waals surface area contributed by atoms with E-state index in [1.807, 2.05) is 0 Å². The van der Waals surface area contributed by atoms with Crippen LogP contribution < -0.4 is 5.32 Å². The predicted molar refractivity (Wildman–Crippen MR) is 62.4 cm³/mol. The second kappa shape index (κ2) is 5.61. The summed E-state index contributed by atoms with van der Waals surface area (Å²) in [7, 11) is 0. The lowest BCUT2D eigenvalue weighted by atomic mass is 10.4. The zero-order valence-electron chi connectivity index (χ0n) is 10.3. The number of alkyl carbamates (subject to hydrolysis) is 1. The van der Waals surface area contributed by atoms with Gasteiger partial charge in [0.05, 0.1) is 6.61 Å². The van der Waals surface area contributed by atoms with Crippen LogP contribution in [0.15, 0.2) is 0 Å². The molecule has 11 heteroatoms. The van der Waals surface area contributed by atoms with E-state index in [-0.39, 0.29) is 24.5 Å². The largest absolute Gasteiger partial charge is 0.453 e. The van der Waals surface area contributed by atoms with Gasteiger partial charge in [0, 0.05) is 13.0 Å². The molecule has 2 rings (SSSR count). The highest BCUT2D eigenvalue weighted by Crippen LogP contribution is 2.28. The smallest absolute Gasteiger partial charge is 0.450 e. The zero-order valence-corrected chi connectivity index (χ0v) is 11.1. The van der Waals surface area contributed by atoms with Crippen LogP contribution in [0.2, 0.25) is 0 Å². The Bertz CT molecular complexity index is 608. The van der Waals surface area contributed by atoms with Crippen LogP contribution in [0.1, 0.15) is 17.8 Å². The summed E-state index contributed by atoms with van der Waals surface area (Å²) in [6.45, 7) is 2.13. The molecule has 0 fully saturated rings. The van der Waals surface area contributed by atoms with Gasteiger partial charge in [-0.3, -0.25) is 0 Å². The Balaban J connectivity index is 2.02. The fraction of sp³-hybridized carbons (Fsp3) is 0.556. The highest BCUT2D eigenvalue weighted by atomic mass is 32.1. The fourth-order valence-corrected chi connectivity index (χ4v) is 2.22. The molecule has 0 unspecified atom stereocenters. The molecule has 110 valence electrons. The van der Waals surface area contributed by atoms with E-state index in [0.29, 0.717) is 9.52 Å². The molecule has 0 spiro atoms. The summed E-state index contributed by atoms with van der Waals surface area (Å²) in [5, 5.41) is 13.1. The van der Waals surface area contributed by atoms with Gasteiger partial charge in [0.25, 0.3) is 5.82 Å². The Kier molecular flexibility index (Phi) is 4.06. The Hall–Kier alpha value is -1.91. The fourth-order valence-electron chi connectivity index (χ4n) is 1.39. The van der Waals surface area contributed by atoms with Crippen LogP contribution in [0, 0.1) is 0 Å². The zero-order chi connectivity index (χ0) is 14.8. The summed E-state index contributed by atoms with van der Waals surface area (Å²) in [5.41, 5.74) is 0. The summed E-state index contributed by atoms with van der Waals surface area (Å²) in [4.78, 5) is 11.1. The Morgan fingerprint density at radius 3 is 2.85 bits per heavy atom. The van der Waals surface area contributed by atoms with Crippen molar-refractivity contribution in [2.75, 3.05) is 13.2 Å². The lowest BCUT2D eigenvalue weighted by molar-refractivity contribution is -0.146. The average Bonchev–Trinajstić information content (AvgIpc) is 2.86. The quantitative estimate of drug-likeness (QED) is 0.925. The van der Waals surface area contributed by atoms with Gasteiger partial charge in [0.2, 0.25) is 4.96 Å². The summed E-state index contributed by atoms with van der Waals surface area (Å²) in [6, 6.07) is 0. The van der Waals surface area contributed by atoms with E-state index in [1.165, 1.54) is 0 Å². The molecule has 0 saturated carbocycles. The van der Waals surface area contributed by atoms with E-state index in [1.54, 1.807) is 6.92 Å². The van der Waals surface area contributed by atoms with Crippen molar-refractivity contribution >= 4 is 22.4 Å². The van der Waals surface area contributed by atoms with Gasteiger partial charge < -0.3 is 10.1 Å². The minimum Gasteiger partial charge on any atom is -0.450 e. The van der Waals surface area contributed by atoms with Crippen molar-refractivity contribution in [3.8, 4) is 0 Å². The van der Waals surface area contributed by atoms with Gasteiger partial charge in [0.1, 0.15) is 5.01 Å². The molecule has 0 radical (unpaired) electrons. The normalized spacial score (nSPS) is 11.8. The number of halogens is 3. The lowest BCUT2D eigenvalue weighted by Crippen LogP contribution is -2.26. The van der Waals surface area contributed by atoms with Gasteiger partial charge in [-0.05, 0) is 6.92 Å². The lowest BCUT2D eigenvalue weighted by Gasteiger charge is -2.03. The van der Waals surface area contributed by atoms with Crippen LogP contribution in [-0.4, -0.2) is 39.1 Å². The van der Waals surface area contributed by atoms with E-state index in [9.17, 15) is 18.0 Å². The third kappa shape index (κ3) is 3.15. The number of aromatic nitrogens is 4. The summed E-state index contributed by atoms with van der Waals surface area (Å²) >= 11 is 0.985. The molecule has 0 aliphatic heterocycles. The van der Waals surface area contributed by atoms with Crippen molar-refractivity contribution in [2.45, 2.75) is 19.5 Å². The van der Waals surface area contributed by atoms with Crippen molar-refractivity contribution in [3.05, 3.63) is 10.8 Å². The van der Waals surface area contributed by atoms with Crippen LogP contribution >= 0.6 is 11.3 Å².